The van der Waals surface area contributed by atoms with Gasteiger partial charge in [-0.3, -0.25) is 14.4 Å². The number of carbonyl (C=O) groups is 3. The van der Waals surface area contributed by atoms with E-state index in [2.05, 4.69) is 5.32 Å². The fourth-order valence-electron chi connectivity index (χ4n) is 6.79. The van der Waals surface area contributed by atoms with Crippen molar-refractivity contribution >= 4 is 34.9 Å². The summed E-state index contributed by atoms with van der Waals surface area (Å²) in [5.74, 6) is -0.590. The third kappa shape index (κ3) is 3.13. The van der Waals surface area contributed by atoms with Crippen molar-refractivity contribution < 1.29 is 23.9 Å². The molecule has 4 heterocycles. The standard InChI is InChI=1S/C32H28N2O5/c1-31(2,3)29(36)27-26(28(35)19-12-14-23-24(16-19)39-17-38-23)32(20-9-5-6-10-21(20)33-30(32)37)25-15-13-18-8-4-7-11-22(18)34(25)27/h4-16,25-27H,17H2,1-3H3,(H,33,37)/t25-,26+,27-,32+/m0/s1. The van der Waals surface area contributed by atoms with Gasteiger partial charge in [-0.05, 0) is 41.5 Å². The highest BCUT2D eigenvalue weighted by molar-refractivity contribution is 6.17. The Morgan fingerprint density at radius 3 is 2.54 bits per heavy atom. The predicted octanol–water partition coefficient (Wildman–Crippen LogP) is 5.00. The van der Waals surface area contributed by atoms with E-state index >= 15 is 0 Å². The monoisotopic (exact) mass is 520 g/mol. The number of anilines is 2. The molecule has 3 aromatic carbocycles. The summed E-state index contributed by atoms with van der Waals surface area (Å²) >= 11 is 0. The van der Waals surface area contributed by atoms with Crippen LogP contribution in [0.4, 0.5) is 11.4 Å². The molecule has 0 unspecified atom stereocenters. The van der Waals surface area contributed by atoms with Gasteiger partial charge in [-0.1, -0.05) is 69.3 Å². The van der Waals surface area contributed by atoms with Gasteiger partial charge in [0.2, 0.25) is 12.7 Å². The van der Waals surface area contributed by atoms with Gasteiger partial charge in [0.15, 0.2) is 23.1 Å². The molecular formula is C32H28N2O5. The Balaban J connectivity index is 1.52. The second kappa shape index (κ2) is 8.06. The van der Waals surface area contributed by atoms with E-state index in [1.807, 2.05) is 86.4 Å². The van der Waals surface area contributed by atoms with E-state index in [0.29, 0.717) is 22.7 Å². The molecule has 7 rings (SSSR count). The fourth-order valence-corrected chi connectivity index (χ4v) is 6.79. The molecule has 3 aromatic rings. The quantitative estimate of drug-likeness (QED) is 0.489. The second-order valence-electron chi connectivity index (χ2n) is 11.6. The van der Waals surface area contributed by atoms with Gasteiger partial charge in [0.1, 0.15) is 11.5 Å². The van der Waals surface area contributed by atoms with Crippen molar-refractivity contribution in [3.63, 3.8) is 0 Å². The van der Waals surface area contributed by atoms with Crippen molar-refractivity contribution in [1.29, 1.82) is 0 Å². The summed E-state index contributed by atoms with van der Waals surface area (Å²) < 4.78 is 11.0. The third-order valence-corrected chi connectivity index (χ3v) is 8.49. The smallest absolute Gasteiger partial charge is 0.238 e. The molecule has 0 saturated carbocycles. The Bertz CT molecular complexity index is 1600. The number of para-hydroxylation sites is 2. The molecule has 0 aliphatic carbocycles. The molecule has 0 radical (unpaired) electrons. The minimum absolute atomic E-state index is 0.0820. The maximum absolute atomic E-state index is 14.8. The van der Waals surface area contributed by atoms with Crippen LogP contribution in [-0.2, 0) is 15.0 Å². The number of hydrogen-bond donors (Lipinski definition) is 1. The number of benzene rings is 3. The molecule has 1 N–H and O–H groups in total. The Kier molecular flexibility index (Phi) is 4.90. The first-order chi connectivity index (χ1) is 18.7. The van der Waals surface area contributed by atoms with Crippen LogP contribution in [0.1, 0.15) is 42.3 Å². The van der Waals surface area contributed by atoms with Crippen LogP contribution in [0.3, 0.4) is 0 Å². The van der Waals surface area contributed by atoms with Crippen LogP contribution in [0.25, 0.3) is 6.08 Å². The normalized spacial score (nSPS) is 25.8. The van der Waals surface area contributed by atoms with Gasteiger partial charge in [-0.25, -0.2) is 0 Å². The zero-order valence-corrected chi connectivity index (χ0v) is 21.9. The van der Waals surface area contributed by atoms with Gasteiger partial charge < -0.3 is 19.7 Å². The Labute approximate surface area is 226 Å². The first kappa shape index (κ1) is 23.7. The number of hydrogen-bond acceptors (Lipinski definition) is 6. The van der Waals surface area contributed by atoms with Crippen LogP contribution in [0, 0.1) is 11.3 Å². The molecule has 0 aromatic heterocycles. The van der Waals surface area contributed by atoms with Crippen LogP contribution in [0.5, 0.6) is 11.5 Å². The SMILES string of the molecule is CC(C)(C)C(=O)[C@@H]1[C@H](C(=O)c2ccc3c(c2)OCO3)[C@]2(C(=O)Nc3ccccc32)[C@@H]2C=Cc3ccccc3N12. The molecule has 4 aliphatic rings. The Morgan fingerprint density at radius 2 is 1.72 bits per heavy atom. The van der Waals surface area contributed by atoms with E-state index < -0.39 is 28.8 Å². The largest absolute Gasteiger partial charge is 0.454 e. The second-order valence-corrected chi connectivity index (χ2v) is 11.6. The van der Waals surface area contributed by atoms with E-state index in [1.54, 1.807) is 18.2 Å². The number of ether oxygens (including phenoxy) is 2. The summed E-state index contributed by atoms with van der Waals surface area (Å²) in [6.07, 6.45) is 3.98. The van der Waals surface area contributed by atoms with E-state index in [4.69, 9.17) is 9.47 Å². The van der Waals surface area contributed by atoms with Gasteiger partial charge in [0.25, 0.3) is 0 Å². The highest BCUT2D eigenvalue weighted by atomic mass is 16.7. The van der Waals surface area contributed by atoms with Gasteiger partial charge in [-0.15, -0.1) is 0 Å². The lowest BCUT2D eigenvalue weighted by molar-refractivity contribution is -0.128. The summed E-state index contributed by atoms with van der Waals surface area (Å²) in [6, 6.07) is 19.0. The van der Waals surface area contributed by atoms with Gasteiger partial charge in [0, 0.05) is 22.4 Å². The number of nitrogens with one attached hydrogen (secondary N) is 1. The highest BCUT2D eigenvalue weighted by Crippen LogP contribution is 2.58. The maximum Gasteiger partial charge on any atom is 0.238 e. The summed E-state index contributed by atoms with van der Waals surface area (Å²) in [7, 11) is 0. The number of ketones is 2. The number of carbonyl (C=O) groups excluding carboxylic acids is 3. The lowest BCUT2D eigenvalue weighted by Gasteiger charge is -2.38. The van der Waals surface area contributed by atoms with Crippen molar-refractivity contribution in [3.8, 4) is 11.5 Å². The Morgan fingerprint density at radius 1 is 0.974 bits per heavy atom. The van der Waals surface area contributed by atoms with Gasteiger partial charge in [-0.2, -0.15) is 0 Å². The van der Waals surface area contributed by atoms with E-state index in [9.17, 15) is 14.4 Å². The first-order valence-electron chi connectivity index (χ1n) is 13.2. The van der Waals surface area contributed by atoms with Crippen molar-refractivity contribution in [3.05, 3.63) is 89.5 Å². The summed E-state index contributed by atoms with van der Waals surface area (Å²) in [5.41, 5.74) is 1.48. The predicted molar refractivity (Wildman–Crippen MR) is 147 cm³/mol. The number of nitrogens with zero attached hydrogens (tertiary/aromatic N) is 1. The van der Waals surface area contributed by atoms with E-state index in [1.165, 1.54) is 0 Å². The molecular weight excluding hydrogens is 492 g/mol. The molecule has 4 aliphatic heterocycles. The summed E-state index contributed by atoms with van der Waals surface area (Å²) in [5, 5.41) is 3.06. The molecule has 1 spiro atoms. The van der Waals surface area contributed by atoms with E-state index in [-0.39, 0.29) is 24.3 Å². The number of rotatable bonds is 3. The van der Waals surface area contributed by atoms with Crippen LogP contribution in [0.2, 0.25) is 0 Å². The molecule has 7 heteroatoms. The van der Waals surface area contributed by atoms with Crippen LogP contribution < -0.4 is 19.7 Å². The van der Waals surface area contributed by atoms with Crippen LogP contribution >= 0.6 is 0 Å². The molecule has 1 amide bonds. The van der Waals surface area contributed by atoms with Gasteiger partial charge >= 0.3 is 0 Å². The Hall–Kier alpha value is -4.39. The minimum atomic E-state index is -1.32. The topological polar surface area (TPSA) is 84.9 Å². The first-order valence-corrected chi connectivity index (χ1v) is 13.2. The van der Waals surface area contributed by atoms with Crippen LogP contribution in [-0.4, -0.2) is 36.4 Å². The number of Topliss-reactive ketones (excluding diaryl/α,β-unsaturated/α-hetero) is 2. The van der Waals surface area contributed by atoms with Gasteiger partial charge in [0.05, 0.1) is 12.0 Å². The third-order valence-electron chi connectivity index (χ3n) is 8.49. The minimum Gasteiger partial charge on any atom is -0.454 e. The molecule has 1 fully saturated rings. The fraction of sp³-hybridized carbons (Fsp3) is 0.281. The zero-order chi connectivity index (χ0) is 27.1. The van der Waals surface area contributed by atoms with E-state index in [0.717, 1.165) is 16.8 Å². The summed E-state index contributed by atoms with van der Waals surface area (Å²) in [6.45, 7) is 5.68. The van der Waals surface area contributed by atoms with Crippen molar-refractivity contribution in [1.82, 2.24) is 0 Å². The number of amides is 1. The summed E-state index contributed by atoms with van der Waals surface area (Å²) in [4.78, 5) is 45.5. The van der Waals surface area contributed by atoms with Crippen molar-refractivity contribution in [2.75, 3.05) is 17.0 Å². The molecule has 39 heavy (non-hydrogen) atoms. The molecule has 0 bridgehead atoms. The molecule has 4 atom stereocenters. The maximum atomic E-state index is 14.8. The average Bonchev–Trinajstić information content (AvgIpc) is 3.60. The highest BCUT2D eigenvalue weighted by Gasteiger charge is 2.70. The zero-order valence-electron chi connectivity index (χ0n) is 21.9. The molecule has 196 valence electrons. The lowest BCUT2D eigenvalue weighted by Crippen LogP contribution is -2.51. The van der Waals surface area contributed by atoms with Crippen molar-refractivity contribution in [2.45, 2.75) is 38.3 Å². The van der Waals surface area contributed by atoms with Crippen molar-refractivity contribution in [2.24, 2.45) is 11.3 Å². The lowest BCUT2D eigenvalue weighted by atomic mass is 9.63. The van der Waals surface area contributed by atoms with Crippen LogP contribution in [0.15, 0.2) is 72.8 Å². The number of fused-ring (bicyclic) bond motifs is 7. The molecule has 7 nitrogen and oxygen atoms in total. The average molecular weight is 521 g/mol. The molecule has 1 saturated heterocycles.